The number of ether oxygens (including phenoxy) is 2. The van der Waals surface area contributed by atoms with Gasteiger partial charge in [0, 0.05) is 31.7 Å². The van der Waals surface area contributed by atoms with E-state index in [4.69, 9.17) is 14.0 Å². The topological polar surface area (TPSA) is 87.5 Å². The van der Waals surface area contributed by atoms with E-state index in [1.54, 1.807) is 18.6 Å². The maximum Gasteiger partial charge on any atom is 0.329 e. The minimum atomic E-state index is -0.0209. The zero-order chi connectivity index (χ0) is 27.5. The first-order valence-electron chi connectivity index (χ1n) is 13.9. The van der Waals surface area contributed by atoms with Gasteiger partial charge in [0.05, 0.1) is 18.1 Å². The zero-order valence-corrected chi connectivity index (χ0v) is 23.6. The highest BCUT2D eigenvalue weighted by atomic mass is 16.5. The number of para-hydroxylation sites is 2. The molecule has 9 heteroatoms. The fourth-order valence-electron chi connectivity index (χ4n) is 5.51. The van der Waals surface area contributed by atoms with Gasteiger partial charge in [0.15, 0.2) is 5.82 Å². The Morgan fingerprint density at radius 2 is 1.82 bits per heavy atom. The van der Waals surface area contributed by atoms with E-state index in [1.807, 2.05) is 47.0 Å². The Labute approximate surface area is 229 Å². The minimum Gasteiger partial charge on any atom is -0.497 e. The monoisotopic (exact) mass is 533 g/mol. The van der Waals surface area contributed by atoms with Crippen LogP contribution < -0.4 is 15.2 Å². The molecule has 0 saturated carbocycles. The highest BCUT2D eigenvalue weighted by molar-refractivity contribution is 5.76. The molecule has 0 N–H and O–H groups in total. The van der Waals surface area contributed by atoms with Gasteiger partial charge in [-0.05, 0) is 62.8 Å². The Balaban J connectivity index is 1.24. The summed E-state index contributed by atoms with van der Waals surface area (Å²) in [5, 5.41) is 3.87. The standard InChI is InChI=1S/C30H39N5O4/c1-20(2)27(38-28-18-24(37-5)11-10-21(28)3)14-17-33-15-12-23(13-16-33)35-26-9-7-6-8-25(26)34(30(35)36)19-29-31-22(4)32-39-29/h6-11,18,20,23,27H,12-17,19H2,1-5H3. The first-order valence-corrected chi connectivity index (χ1v) is 13.9. The van der Waals surface area contributed by atoms with Gasteiger partial charge in [0.2, 0.25) is 5.89 Å². The molecule has 5 rings (SSSR count). The number of aromatic nitrogens is 4. The molecule has 1 atom stereocenters. The lowest BCUT2D eigenvalue weighted by Crippen LogP contribution is -2.40. The lowest BCUT2D eigenvalue weighted by molar-refractivity contribution is 0.109. The van der Waals surface area contributed by atoms with Crippen molar-refractivity contribution in [3.05, 3.63) is 70.2 Å². The number of fused-ring (bicyclic) bond motifs is 1. The van der Waals surface area contributed by atoms with Crippen LogP contribution in [0.15, 0.2) is 51.8 Å². The molecule has 1 aliphatic rings. The predicted molar refractivity (Wildman–Crippen MR) is 151 cm³/mol. The molecule has 39 heavy (non-hydrogen) atoms. The van der Waals surface area contributed by atoms with Crippen LogP contribution in [0.4, 0.5) is 0 Å². The second-order valence-electron chi connectivity index (χ2n) is 10.9. The van der Waals surface area contributed by atoms with Gasteiger partial charge >= 0.3 is 5.69 Å². The van der Waals surface area contributed by atoms with Crippen LogP contribution >= 0.6 is 0 Å². The van der Waals surface area contributed by atoms with Crippen molar-refractivity contribution in [1.29, 1.82) is 0 Å². The summed E-state index contributed by atoms with van der Waals surface area (Å²) in [6.45, 7) is 11.4. The molecule has 2 aromatic heterocycles. The Morgan fingerprint density at radius 1 is 1.08 bits per heavy atom. The highest BCUT2D eigenvalue weighted by Crippen LogP contribution is 2.29. The molecular weight excluding hydrogens is 494 g/mol. The number of methoxy groups -OCH3 is 1. The maximum absolute atomic E-state index is 13.6. The van der Waals surface area contributed by atoms with Crippen molar-refractivity contribution in [1.82, 2.24) is 24.2 Å². The van der Waals surface area contributed by atoms with E-state index in [1.165, 1.54) is 0 Å². The molecule has 0 spiro atoms. The van der Waals surface area contributed by atoms with Crippen LogP contribution in [0, 0.1) is 19.8 Å². The SMILES string of the molecule is COc1ccc(C)c(OC(CCN2CCC(n3c(=O)n(Cc4nc(C)no4)c4ccccc43)CC2)C(C)C)c1. The summed E-state index contributed by atoms with van der Waals surface area (Å²) < 4.78 is 20.9. The maximum atomic E-state index is 13.6. The van der Waals surface area contributed by atoms with Crippen LogP contribution in [-0.2, 0) is 6.54 Å². The summed E-state index contributed by atoms with van der Waals surface area (Å²) in [4.78, 5) is 20.4. The fraction of sp³-hybridized carbons (Fsp3) is 0.500. The molecule has 1 aliphatic heterocycles. The molecule has 1 unspecified atom stereocenters. The van der Waals surface area contributed by atoms with Crippen molar-refractivity contribution in [2.45, 2.75) is 65.6 Å². The van der Waals surface area contributed by atoms with E-state index in [0.29, 0.717) is 17.6 Å². The van der Waals surface area contributed by atoms with Crippen molar-refractivity contribution in [2.24, 2.45) is 5.92 Å². The Kier molecular flexibility index (Phi) is 8.07. The number of aryl methyl sites for hydroxylation is 2. The number of imidazole rings is 1. The minimum absolute atomic E-state index is 0.0209. The quantitative estimate of drug-likeness (QED) is 0.284. The summed E-state index contributed by atoms with van der Waals surface area (Å²) in [6.07, 6.45) is 2.91. The molecule has 2 aromatic carbocycles. The van der Waals surface area contributed by atoms with Crippen molar-refractivity contribution < 1.29 is 14.0 Å². The van der Waals surface area contributed by atoms with Crippen LogP contribution in [0.25, 0.3) is 11.0 Å². The van der Waals surface area contributed by atoms with Gasteiger partial charge in [-0.15, -0.1) is 0 Å². The number of likely N-dealkylation sites (tertiary alicyclic amines) is 1. The fourth-order valence-corrected chi connectivity index (χ4v) is 5.51. The molecule has 208 valence electrons. The number of hydrogen-bond donors (Lipinski definition) is 0. The van der Waals surface area contributed by atoms with Gasteiger partial charge < -0.3 is 18.9 Å². The summed E-state index contributed by atoms with van der Waals surface area (Å²) >= 11 is 0. The molecule has 0 aliphatic carbocycles. The number of rotatable bonds is 10. The third-order valence-electron chi connectivity index (χ3n) is 7.80. The van der Waals surface area contributed by atoms with Crippen molar-refractivity contribution in [3.63, 3.8) is 0 Å². The number of piperidine rings is 1. The summed E-state index contributed by atoms with van der Waals surface area (Å²) in [5.74, 6) is 3.10. The van der Waals surface area contributed by atoms with Crippen molar-refractivity contribution in [3.8, 4) is 11.5 Å². The van der Waals surface area contributed by atoms with Gasteiger partial charge in [0.1, 0.15) is 24.1 Å². The van der Waals surface area contributed by atoms with Crippen molar-refractivity contribution in [2.75, 3.05) is 26.7 Å². The molecule has 1 fully saturated rings. The molecule has 0 amide bonds. The zero-order valence-electron chi connectivity index (χ0n) is 23.6. The molecule has 1 saturated heterocycles. The molecular formula is C30H39N5O4. The molecule has 4 aromatic rings. The van der Waals surface area contributed by atoms with Gasteiger partial charge in [-0.1, -0.05) is 37.2 Å². The first-order chi connectivity index (χ1) is 18.8. The van der Waals surface area contributed by atoms with Crippen LogP contribution in [0.1, 0.15) is 56.4 Å². The third-order valence-corrected chi connectivity index (χ3v) is 7.80. The van der Waals surface area contributed by atoms with Gasteiger partial charge in [-0.2, -0.15) is 4.98 Å². The smallest absolute Gasteiger partial charge is 0.329 e. The highest BCUT2D eigenvalue weighted by Gasteiger charge is 2.27. The van der Waals surface area contributed by atoms with E-state index < -0.39 is 0 Å². The molecule has 0 radical (unpaired) electrons. The van der Waals surface area contributed by atoms with Gasteiger partial charge in [0.25, 0.3) is 0 Å². The van der Waals surface area contributed by atoms with E-state index in [2.05, 4.69) is 35.8 Å². The molecule has 0 bridgehead atoms. The van der Waals surface area contributed by atoms with Crippen LogP contribution in [0.3, 0.4) is 0 Å². The number of hydrogen-bond acceptors (Lipinski definition) is 7. The van der Waals surface area contributed by atoms with E-state index >= 15 is 0 Å². The molecule has 9 nitrogen and oxygen atoms in total. The van der Waals surface area contributed by atoms with Gasteiger partial charge in [-0.25, -0.2) is 4.79 Å². The molecule has 3 heterocycles. The van der Waals surface area contributed by atoms with E-state index in [-0.39, 0.29) is 24.4 Å². The van der Waals surface area contributed by atoms with Crippen LogP contribution in [0.2, 0.25) is 0 Å². The van der Waals surface area contributed by atoms with E-state index in [0.717, 1.165) is 67.0 Å². The third kappa shape index (κ3) is 5.88. The average molecular weight is 534 g/mol. The lowest BCUT2D eigenvalue weighted by Gasteiger charge is -2.34. The summed E-state index contributed by atoms with van der Waals surface area (Å²) in [6, 6.07) is 14.1. The predicted octanol–water partition coefficient (Wildman–Crippen LogP) is 4.99. The average Bonchev–Trinajstić information content (AvgIpc) is 3.47. The van der Waals surface area contributed by atoms with Crippen LogP contribution in [-0.4, -0.2) is 57.0 Å². The van der Waals surface area contributed by atoms with Gasteiger partial charge in [-0.3, -0.25) is 9.13 Å². The normalized spacial score (nSPS) is 15.7. The van der Waals surface area contributed by atoms with Crippen molar-refractivity contribution >= 4 is 11.0 Å². The number of nitrogens with zero attached hydrogens (tertiary/aromatic N) is 5. The number of benzene rings is 2. The second kappa shape index (κ2) is 11.7. The Hall–Kier alpha value is -3.59. The summed E-state index contributed by atoms with van der Waals surface area (Å²) in [5.41, 5.74) is 2.94. The van der Waals surface area contributed by atoms with Crippen LogP contribution in [0.5, 0.6) is 11.5 Å². The summed E-state index contributed by atoms with van der Waals surface area (Å²) in [7, 11) is 1.68. The van der Waals surface area contributed by atoms with E-state index in [9.17, 15) is 4.79 Å². The Morgan fingerprint density at radius 3 is 2.49 bits per heavy atom. The second-order valence-corrected chi connectivity index (χ2v) is 10.9. The lowest BCUT2D eigenvalue weighted by atomic mass is 10.0. The first kappa shape index (κ1) is 27.0. The largest absolute Gasteiger partial charge is 0.497 e. The Bertz CT molecular complexity index is 1460.